The molecule has 3 N–H and O–H groups in total. The lowest BCUT2D eigenvalue weighted by Gasteiger charge is -2.11. The Morgan fingerprint density at radius 3 is 2.19 bits per heavy atom. The molecular weight excluding hydrogens is 473 g/mol. The average molecular weight is 508 g/mol. The van der Waals surface area contributed by atoms with Crippen molar-refractivity contribution in [2.24, 2.45) is 11.8 Å². The largest absolute Gasteiger partial charge is 0.457 e. The van der Waals surface area contributed by atoms with Crippen molar-refractivity contribution in [1.82, 2.24) is 10.3 Å². The fourth-order valence-corrected chi connectivity index (χ4v) is 3.25. The minimum absolute atomic E-state index is 0.0328. The van der Waals surface area contributed by atoms with Crippen LogP contribution in [0.5, 0.6) is 11.5 Å². The molecular formula is C29H34FN3O4. The molecule has 1 aromatic heterocycles. The van der Waals surface area contributed by atoms with E-state index in [2.05, 4.69) is 36.4 Å². The first-order valence-electron chi connectivity index (χ1n) is 12.5. The van der Waals surface area contributed by atoms with Crippen molar-refractivity contribution < 1.29 is 23.8 Å². The summed E-state index contributed by atoms with van der Waals surface area (Å²) in [6.45, 7) is 6.34. The van der Waals surface area contributed by atoms with E-state index < -0.39 is 0 Å². The van der Waals surface area contributed by atoms with E-state index in [-0.39, 0.29) is 36.7 Å². The van der Waals surface area contributed by atoms with E-state index in [4.69, 9.17) is 4.74 Å². The van der Waals surface area contributed by atoms with Gasteiger partial charge in [-0.1, -0.05) is 20.8 Å². The first kappa shape index (κ1) is 27.8. The maximum atomic E-state index is 13.1. The highest BCUT2D eigenvalue weighted by Crippen LogP contribution is 2.29. The summed E-state index contributed by atoms with van der Waals surface area (Å²) in [5.41, 5.74) is 2.22. The number of halogens is 1. The van der Waals surface area contributed by atoms with Gasteiger partial charge in [-0.2, -0.15) is 0 Å². The zero-order chi connectivity index (χ0) is 26.8. The van der Waals surface area contributed by atoms with E-state index in [1.807, 2.05) is 18.2 Å². The van der Waals surface area contributed by atoms with Crippen molar-refractivity contribution >= 4 is 17.6 Å². The molecule has 7 nitrogen and oxygen atoms in total. The highest BCUT2D eigenvalue weighted by molar-refractivity contribution is 5.94. The summed E-state index contributed by atoms with van der Waals surface area (Å²) < 4.78 is 18.8. The molecule has 1 aliphatic rings. The van der Waals surface area contributed by atoms with Gasteiger partial charge in [-0.25, -0.2) is 9.37 Å². The molecule has 0 atom stereocenters. The number of hydrogen-bond donors (Lipinski definition) is 3. The molecule has 0 saturated heterocycles. The minimum Gasteiger partial charge on any atom is -0.457 e. The Morgan fingerprint density at radius 1 is 1.03 bits per heavy atom. The second kappa shape index (κ2) is 13.5. The van der Waals surface area contributed by atoms with Crippen LogP contribution in [0.3, 0.4) is 0 Å². The summed E-state index contributed by atoms with van der Waals surface area (Å²) >= 11 is 0. The van der Waals surface area contributed by atoms with Gasteiger partial charge in [-0.05, 0) is 91.4 Å². The average Bonchev–Trinajstić information content (AvgIpc) is 3.70. The zero-order valence-corrected chi connectivity index (χ0v) is 21.5. The Hall–Kier alpha value is -3.78. The summed E-state index contributed by atoms with van der Waals surface area (Å²) in [5.74, 6) is 1.50. The van der Waals surface area contributed by atoms with Gasteiger partial charge >= 0.3 is 0 Å². The lowest BCUT2D eigenvalue weighted by atomic mass is 10.1. The number of aromatic nitrogens is 1. The Labute approximate surface area is 217 Å². The third-order valence-corrected chi connectivity index (χ3v) is 5.12. The van der Waals surface area contributed by atoms with Gasteiger partial charge in [-0.15, -0.1) is 0 Å². The molecule has 0 unspecified atom stereocenters. The number of aliphatic hydroxyl groups excluding tert-OH is 1. The summed E-state index contributed by atoms with van der Waals surface area (Å²) in [7, 11) is 0. The van der Waals surface area contributed by atoms with Crippen LogP contribution in [0, 0.1) is 17.7 Å². The number of carbonyl (C=O) groups excluding carboxylic acids is 2. The van der Waals surface area contributed by atoms with E-state index in [1.54, 1.807) is 30.3 Å². The third-order valence-electron chi connectivity index (χ3n) is 5.12. The fraction of sp³-hybridized carbons (Fsp3) is 0.345. The number of ether oxygens (including phenoxy) is 1. The number of pyridine rings is 1. The summed E-state index contributed by atoms with van der Waals surface area (Å²) in [5, 5.41) is 14.7. The topological polar surface area (TPSA) is 101 Å². The quantitative estimate of drug-likeness (QED) is 0.363. The number of aliphatic hydroxyl groups is 1. The van der Waals surface area contributed by atoms with Crippen LogP contribution in [-0.4, -0.2) is 35.1 Å². The van der Waals surface area contributed by atoms with E-state index in [9.17, 15) is 19.1 Å². The molecule has 0 bridgehead atoms. The molecule has 1 fully saturated rings. The molecule has 0 spiro atoms. The van der Waals surface area contributed by atoms with Gasteiger partial charge in [-0.3, -0.25) is 9.59 Å². The smallest absolute Gasteiger partial charge is 0.244 e. The summed E-state index contributed by atoms with van der Waals surface area (Å²) in [6, 6.07) is 16.5. The van der Waals surface area contributed by atoms with Gasteiger partial charge in [0.1, 0.15) is 23.1 Å². The van der Waals surface area contributed by atoms with Crippen LogP contribution >= 0.6 is 0 Å². The molecule has 37 heavy (non-hydrogen) atoms. The SMILES string of the molecule is CC(C)C.O=C(CNC(=O)C1CC1)Nc1cc(CCO)cc(-c2ccc(Oc3ccc(F)cc3)cc2)n1. The predicted octanol–water partition coefficient (Wildman–Crippen LogP) is 5.34. The second-order valence-corrected chi connectivity index (χ2v) is 9.57. The van der Waals surface area contributed by atoms with Gasteiger partial charge in [0.2, 0.25) is 11.8 Å². The van der Waals surface area contributed by atoms with Crippen LogP contribution in [0.2, 0.25) is 0 Å². The minimum atomic E-state index is -0.369. The number of carbonyl (C=O) groups is 2. The maximum Gasteiger partial charge on any atom is 0.244 e. The van der Waals surface area contributed by atoms with Crippen molar-refractivity contribution in [3.05, 3.63) is 72.0 Å². The lowest BCUT2D eigenvalue weighted by molar-refractivity contribution is -0.125. The number of nitrogens with one attached hydrogen (secondary N) is 2. The van der Waals surface area contributed by atoms with Crippen LogP contribution in [0.25, 0.3) is 11.3 Å². The number of rotatable bonds is 9. The highest BCUT2D eigenvalue weighted by Gasteiger charge is 2.29. The molecule has 3 aromatic rings. The lowest BCUT2D eigenvalue weighted by Crippen LogP contribution is -2.33. The fourth-order valence-electron chi connectivity index (χ4n) is 3.25. The van der Waals surface area contributed by atoms with Gasteiger partial charge < -0.3 is 20.5 Å². The first-order chi connectivity index (χ1) is 17.7. The number of amides is 2. The number of anilines is 1. The van der Waals surface area contributed by atoms with E-state index >= 15 is 0 Å². The third kappa shape index (κ3) is 9.65. The molecule has 0 aliphatic heterocycles. The molecule has 2 amide bonds. The zero-order valence-electron chi connectivity index (χ0n) is 21.5. The monoisotopic (exact) mass is 507 g/mol. The highest BCUT2D eigenvalue weighted by atomic mass is 19.1. The Morgan fingerprint density at radius 2 is 1.62 bits per heavy atom. The van der Waals surface area contributed by atoms with Crippen LogP contribution in [0.15, 0.2) is 60.7 Å². The number of hydrogen-bond acceptors (Lipinski definition) is 5. The van der Waals surface area contributed by atoms with Gasteiger partial charge in [0.05, 0.1) is 12.2 Å². The van der Waals surface area contributed by atoms with E-state index in [0.29, 0.717) is 29.4 Å². The Bertz CT molecular complexity index is 1170. The standard InChI is InChI=1S/C25H24FN3O4.C4H10/c26-19-5-9-21(10-6-19)33-20-7-3-17(4-8-20)22-13-16(11-12-30)14-23(28-22)29-24(31)15-27-25(32)18-1-2-18;1-4(2)3/h3-10,13-14,18,30H,1-2,11-12,15H2,(H,27,32)(H,28,29,31);4H,1-3H3. The Kier molecular flexibility index (Phi) is 10.1. The maximum absolute atomic E-state index is 13.1. The molecule has 1 aliphatic carbocycles. The molecule has 0 radical (unpaired) electrons. The van der Waals surface area contributed by atoms with Crippen LogP contribution in [0.1, 0.15) is 39.2 Å². The van der Waals surface area contributed by atoms with Gasteiger partial charge in [0.25, 0.3) is 0 Å². The number of benzene rings is 2. The van der Waals surface area contributed by atoms with E-state index in [0.717, 1.165) is 29.9 Å². The van der Waals surface area contributed by atoms with Gasteiger partial charge in [0.15, 0.2) is 0 Å². The van der Waals surface area contributed by atoms with Crippen molar-refractivity contribution in [3.8, 4) is 22.8 Å². The van der Waals surface area contributed by atoms with Crippen molar-refractivity contribution in [2.75, 3.05) is 18.5 Å². The molecule has 8 heteroatoms. The normalized spacial score (nSPS) is 12.4. The molecule has 4 rings (SSSR count). The summed E-state index contributed by atoms with van der Waals surface area (Å²) in [6.07, 6.45) is 2.15. The molecule has 196 valence electrons. The van der Waals surface area contributed by atoms with Crippen molar-refractivity contribution in [2.45, 2.75) is 40.0 Å². The molecule has 1 saturated carbocycles. The predicted molar refractivity (Wildman–Crippen MR) is 142 cm³/mol. The van der Waals surface area contributed by atoms with Crippen molar-refractivity contribution in [3.63, 3.8) is 0 Å². The molecule has 2 aromatic carbocycles. The van der Waals surface area contributed by atoms with Gasteiger partial charge in [0, 0.05) is 18.1 Å². The van der Waals surface area contributed by atoms with E-state index in [1.165, 1.54) is 12.1 Å². The summed E-state index contributed by atoms with van der Waals surface area (Å²) in [4.78, 5) is 28.5. The van der Waals surface area contributed by atoms with Crippen LogP contribution in [-0.2, 0) is 16.0 Å². The Balaban J connectivity index is 0.000000886. The number of nitrogens with zero attached hydrogens (tertiary/aromatic N) is 1. The second-order valence-electron chi connectivity index (χ2n) is 9.57. The first-order valence-corrected chi connectivity index (χ1v) is 12.5. The van der Waals surface area contributed by atoms with Crippen molar-refractivity contribution in [1.29, 1.82) is 0 Å². The van der Waals surface area contributed by atoms with Crippen LogP contribution in [0.4, 0.5) is 10.2 Å². The molecule has 1 heterocycles. The van der Waals surface area contributed by atoms with Crippen LogP contribution < -0.4 is 15.4 Å².